The third-order valence-electron chi connectivity index (χ3n) is 7.41. The highest BCUT2D eigenvalue weighted by Gasteiger charge is 2.27. The number of fused-ring (bicyclic) bond motifs is 3. The fourth-order valence-corrected chi connectivity index (χ4v) is 6.50. The van der Waals surface area contributed by atoms with Gasteiger partial charge in [0.1, 0.15) is 0 Å². The molecule has 196 valence electrons. The van der Waals surface area contributed by atoms with Crippen molar-refractivity contribution >= 4 is 31.5 Å². The Morgan fingerprint density at radius 1 is 0.632 bits per heavy atom. The molecule has 0 spiro atoms. The van der Waals surface area contributed by atoms with Crippen molar-refractivity contribution in [3.63, 3.8) is 0 Å². The van der Waals surface area contributed by atoms with Crippen molar-refractivity contribution in [2.45, 2.75) is 85.5 Å². The second-order valence-corrected chi connectivity index (χ2v) is 14.8. The number of benzene rings is 4. The molecular formula is C37H42S. The lowest BCUT2D eigenvalue weighted by molar-refractivity contribution is 0.568. The third kappa shape index (κ3) is 4.82. The van der Waals surface area contributed by atoms with E-state index >= 15 is 0 Å². The maximum atomic E-state index is 8.95. The van der Waals surface area contributed by atoms with Crippen LogP contribution in [-0.2, 0) is 16.2 Å². The zero-order valence-corrected chi connectivity index (χ0v) is 25.3. The Balaban J connectivity index is 1.97. The molecule has 0 nitrogen and oxygen atoms in total. The fraction of sp³-hybridized carbons (Fsp3) is 0.351. The highest BCUT2D eigenvalue weighted by Crippen LogP contribution is 2.48. The topological polar surface area (TPSA) is 0 Å². The van der Waals surface area contributed by atoms with Gasteiger partial charge in [0, 0.05) is 20.2 Å². The van der Waals surface area contributed by atoms with E-state index in [2.05, 4.69) is 98.7 Å². The second-order valence-electron chi connectivity index (χ2n) is 13.7. The molecule has 1 heteroatoms. The molecule has 0 atom stereocenters. The van der Waals surface area contributed by atoms with Crippen LogP contribution in [0.2, 0.25) is 0 Å². The molecule has 0 aliphatic heterocycles. The molecule has 38 heavy (non-hydrogen) atoms. The van der Waals surface area contributed by atoms with E-state index in [-0.39, 0.29) is 40.4 Å². The van der Waals surface area contributed by atoms with E-state index in [9.17, 15) is 0 Å². The van der Waals surface area contributed by atoms with Crippen LogP contribution in [0.25, 0.3) is 42.4 Å². The van der Waals surface area contributed by atoms with Crippen LogP contribution < -0.4 is 0 Å². The van der Waals surface area contributed by atoms with E-state index in [1.807, 2.05) is 12.1 Å². The Labute approximate surface area is 239 Å². The van der Waals surface area contributed by atoms with Crippen LogP contribution in [-0.4, -0.2) is 0 Å². The van der Waals surface area contributed by atoms with Crippen LogP contribution in [0.4, 0.5) is 0 Å². The molecule has 0 radical (unpaired) electrons. The average Bonchev–Trinajstić information content (AvgIpc) is 3.28. The minimum atomic E-state index is -0.204. The molecule has 0 fully saturated rings. The van der Waals surface area contributed by atoms with E-state index in [0.717, 1.165) is 21.0 Å². The van der Waals surface area contributed by atoms with Crippen LogP contribution in [0.5, 0.6) is 0 Å². The molecule has 5 rings (SSSR count). The first-order valence-corrected chi connectivity index (χ1v) is 14.4. The van der Waals surface area contributed by atoms with Gasteiger partial charge in [-0.15, -0.1) is 11.3 Å². The number of thiophene rings is 1. The van der Waals surface area contributed by atoms with Gasteiger partial charge in [-0.3, -0.25) is 0 Å². The van der Waals surface area contributed by atoms with Crippen molar-refractivity contribution in [1.82, 2.24) is 0 Å². The molecule has 1 heterocycles. The van der Waals surface area contributed by atoms with Gasteiger partial charge in [-0.05, 0) is 74.2 Å². The largest absolute Gasteiger partial charge is 0.135 e. The first kappa shape index (κ1) is 22.0. The molecule has 0 N–H and O–H groups in total. The zero-order chi connectivity index (χ0) is 31.1. The summed E-state index contributed by atoms with van der Waals surface area (Å²) < 4.78 is 36.8. The van der Waals surface area contributed by atoms with Gasteiger partial charge in [-0.1, -0.05) is 128 Å². The van der Waals surface area contributed by atoms with Gasteiger partial charge in [0.2, 0.25) is 0 Å². The van der Waals surface area contributed by atoms with Crippen molar-refractivity contribution in [3.05, 3.63) is 95.0 Å². The molecule has 0 bridgehead atoms. The Morgan fingerprint density at radius 3 is 1.87 bits per heavy atom. The summed E-state index contributed by atoms with van der Waals surface area (Å²) in [5, 5.41) is 2.19. The Bertz CT molecular complexity index is 1810. The minimum Gasteiger partial charge on any atom is -0.135 e. The lowest BCUT2D eigenvalue weighted by atomic mass is 9.75. The van der Waals surface area contributed by atoms with E-state index in [4.69, 9.17) is 5.48 Å². The smallest absolute Gasteiger partial charge is 0.0632 e. The third-order valence-corrected chi connectivity index (χ3v) is 8.53. The zero-order valence-electron chi connectivity index (χ0n) is 28.5. The SMILES string of the molecule is [2H]c1c([2H])c(C)c([2H])c(-c2cccc3sc4ccc(-c5cc(C(C)(C)C)cc(C(C)(C)C)c5)c(C(C)(C)C)c4c23)c1[2H]. The number of hydrogen-bond donors (Lipinski definition) is 0. The number of hydrogen-bond acceptors (Lipinski definition) is 1. The predicted octanol–water partition coefficient (Wildman–Crippen LogP) is 11.6. The molecule has 0 saturated heterocycles. The molecule has 0 saturated carbocycles. The molecule has 0 aliphatic rings. The van der Waals surface area contributed by atoms with E-state index in [0.29, 0.717) is 11.1 Å². The van der Waals surface area contributed by atoms with Crippen molar-refractivity contribution in [3.8, 4) is 22.3 Å². The summed E-state index contributed by atoms with van der Waals surface area (Å²) in [6.07, 6.45) is 0. The average molecular weight is 523 g/mol. The van der Waals surface area contributed by atoms with Crippen LogP contribution in [0.3, 0.4) is 0 Å². The van der Waals surface area contributed by atoms with Crippen molar-refractivity contribution in [2.24, 2.45) is 0 Å². The molecule has 0 amide bonds. The molecule has 0 aliphatic carbocycles. The monoisotopic (exact) mass is 522 g/mol. The first-order valence-electron chi connectivity index (χ1n) is 15.5. The highest BCUT2D eigenvalue weighted by atomic mass is 32.1. The van der Waals surface area contributed by atoms with E-state index in [1.54, 1.807) is 18.3 Å². The summed E-state index contributed by atoms with van der Waals surface area (Å²) in [4.78, 5) is 0. The van der Waals surface area contributed by atoms with Gasteiger partial charge in [-0.25, -0.2) is 0 Å². The van der Waals surface area contributed by atoms with Crippen LogP contribution >= 0.6 is 11.3 Å². The van der Waals surface area contributed by atoms with Gasteiger partial charge >= 0.3 is 0 Å². The molecular weight excluding hydrogens is 476 g/mol. The predicted molar refractivity (Wildman–Crippen MR) is 171 cm³/mol. The van der Waals surface area contributed by atoms with Crippen molar-refractivity contribution in [2.75, 3.05) is 0 Å². The maximum absolute atomic E-state index is 8.95. The summed E-state index contributed by atoms with van der Waals surface area (Å²) in [5.41, 5.74) is 7.75. The number of rotatable bonds is 2. The quantitative estimate of drug-likeness (QED) is 0.216. The minimum absolute atomic E-state index is 0.00481. The molecule has 5 aromatic rings. The summed E-state index contributed by atoms with van der Waals surface area (Å²) >= 11 is 1.74. The summed E-state index contributed by atoms with van der Waals surface area (Å²) in [7, 11) is 0. The van der Waals surface area contributed by atoms with Crippen molar-refractivity contribution < 1.29 is 5.48 Å². The highest BCUT2D eigenvalue weighted by molar-refractivity contribution is 7.26. The van der Waals surface area contributed by atoms with Gasteiger partial charge < -0.3 is 0 Å². The Hall–Kier alpha value is -2.90. The lowest BCUT2D eigenvalue weighted by Gasteiger charge is -2.29. The van der Waals surface area contributed by atoms with Gasteiger partial charge in [0.25, 0.3) is 0 Å². The van der Waals surface area contributed by atoms with Gasteiger partial charge in [0.15, 0.2) is 0 Å². The van der Waals surface area contributed by atoms with E-state index < -0.39 is 0 Å². The van der Waals surface area contributed by atoms with E-state index in [1.165, 1.54) is 32.5 Å². The lowest BCUT2D eigenvalue weighted by Crippen LogP contribution is -2.17. The summed E-state index contributed by atoms with van der Waals surface area (Å²) in [6, 6.07) is 17.6. The molecule has 4 aromatic carbocycles. The second kappa shape index (κ2) is 9.09. The normalized spacial score (nSPS) is 14.5. The summed E-state index contributed by atoms with van der Waals surface area (Å²) in [5.74, 6) is 0. The fourth-order valence-electron chi connectivity index (χ4n) is 5.36. The van der Waals surface area contributed by atoms with Gasteiger partial charge in [0.05, 0.1) is 5.48 Å². The standard InChI is InChI=1S/C37H42S/c1-23-13-11-14-24(19-23)28-15-12-16-30-32(28)33-31(38-30)18-17-29(34(33)37(8,9)10)25-20-26(35(2,3)4)22-27(21-25)36(5,6)7/h11-22H,1-10H3/i11D,13D,14D,19D. The molecule has 0 unspecified atom stereocenters. The van der Waals surface area contributed by atoms with Crippen LogP contribution in [0.1, 0.15) is 90.1 Å². The first-order chi connectivity index (χ1) is 19.3. The van der Waals surface area contributed by atoms with Crippen LogP contribution in [0, 0.1) is 6.92 Å². The Kier molecular flexibility index (Phi) is 5.26. The van der Waals surface area contributed by atoms with Gasteiger partial charge in [-0.2, -0.15) is 0 Å². The van der Waals surface area contributed by atoms with Crippen LogP contribution in [0.15, 0.2) is 72.7 Å². The Morgan fingerprint density at radius 2 is 1.26 bits per heavy atom. The van der Waals surface area contributed by atoms with Crippen molar-refractivity contribution in [1.29, 1.82) is 0 Å². The molecule has 1 aromatic heterocycles. The maximum Gasteiger partial charge on any atom is 0.0632 e. The summed E-state index contributed by atoms with van der Waals surface area (Å²) in [6.45, 7) is 22.1.